The molecule has 1 aromatic carbocycles. The first-order valence-corrected chi connectivity index (χ1v) is 8.72. The van der Waals surface area contributed by atoms with E-state index < -0.39 is 29.6 Å². The lowest BCUT2D eigenvalue weighted by Crippen LogP contribution is -2.50. The summed E-state index contributed by atoms with van der Waals surface area (Å²) < 4.78 is 6.20. The molecule has 0 radical (unpaired) electrons. The fourth-order valence-corrected chi connectivity index (χ4v) is 3.31. The van der Waals surface area contributed by atoms with Crippen LogP contribution in [0.3, 0.4) is 0 Å². The summed E-state index contributed by atoms with van der Waals surface area (Å²) in [7, 11) is 0. The Morgan fingerprint density at radius 1 is 1.16 bits per heavy atom. The van der Waals surface area contributed by atoms with Crippen LogP contribution in [-0.2, 0) is 9.53 Å². The van der Waals surface area contributed by atoms with Crippen LogP contribution < -0.4 is 10.6 Å². The van der Waals surface area contributed by atoms with Crippen molar-refractivity contribution in [2.75, 3.05) is 0 Å². The molecule has 2 aromatic rings. The van der Waals surface area contributed by atoms with Gasteiger partial charge in [0.25, 0.3) is 5.91 Å². The van der Waals surface area contributed by atoms with Gasteiger partial charge in [-0.1, -0.05) is 18.2 Å². The summed E-state index contributed by atoms with van der Waals surface area (Å²) in [5.41, 5.74) is 0.349. The standard InChI is InChI=1S/C18H22N2O4S/c1-10-12-8-6-7-9-13(12)25-14(10)16(22)24-11(2)15(21)19-17(23)20-18(3,4)5/h6-9,11H,1-5H3,(H2,19,20,21,23)/t11-/m0/s1. The SMILES string of the molecule is Cc1c(C(=O)O[C@@H](C)C(=O)NC(=O)NC(C)(C)C)sc2ccccc12. The molecule has 0 saturated heterocycles. The van der Waals surface area contributed by atoms with Crippen molar-refractivity contribution in [1.29, 1.82) is 0 Å². The lowest BCUT2D eigenvalue weighted by Gasteiger charge is -2.21. The lowest BCUT2D eigenvalue weighted by atomic mass is 10.1. The Balaban J connectivity index is 2.02. The number of urea groups is 1. The van der Waals surface area contributed by atoms with Crippen LogP contribution in [-0.4, -0.2) is 29.6 Å². The molecule has 3 amide bonds. The monoisotopic (exact) mass is 362 g/mol. The van der Waals surface area contributed by atoms with Crippen LogP contribution in [0.25, 0.3) is 10.1 Å². The molecule has 0 aliphatic heterocycles. The molecule has 0 saturated carbocycles. The number of rotatable bonds is 3. The summed E-state index contributed by atoms with van der Waals surface area (Å²) in [6, 6.07) is 7.04. The van der Waals surface area contributed by atoms with Gasteiger partial charge in [0, 0.05) is 10.2 Å². The molecule has 0 unspecified atom stereocenters. The summed E-state index contributed by atoms with van der Waals surface area (Å²) in [6.45, 7) is 8.66. The molecule has 1 heterocycles. The molecule has 134 valence electrons. The number of thiophene rings is 1. The summed E-state index contributed by atoms with van der Waals surface area (Å²) in [5.74, 6) is -1.24. The Labute approximate surface area is 150 Å². The highest BCUT2D eigenvalue weighted by molar-refractivity contribution is 7.21. The molecule has 0 spiro atoms. The number of benzene rings is 1. The highest BCUT2D eigenvalue weighted by Crippen LogP contribution is 2.31. The molecule has 7 heteroatoms. The van der Waals surface area contributed by atoms with E-state index in [0.29, 0.717) is 4.88 Å². The maximum Gasteiger partial charge on any atom is 0.349 e. The molecule has 0 aliphatic carbocycles. The molecule has 0 aliphatic rings. The Kier molecular flexibility index (Phi) is 5.47. The molecule has 0 bridgehead atoms. The smallest absolute Gasteiger partial charge is 0.349 e. The Morgan fingerprint density at radius 3 is 2.40 bits per heavy atom. The highest BCUT2D eigenvalue weighted by atomic mass is 32.1. The van der Waals surface area contributed by atoms with Crippen LogP contribution in [0.1, 0.15) is 42.9 Å². The van der Waals surface area contributed by atoms with Crippen molar-refractivity contribution in [3.05, 3.63) is 34.7 Å². The number of aryl methyl sites for hydroxylation is 1. The number of hydrogen-bond donors (Lipinski definition) is 2. The van der Waals surface area contributed by atoms with Crippen molar-refractivity contribution in [2.45, 2.75) is 46.3 Å². The average Bonchev–Trinajstić information content (AvgIpc) is 2.83. The lowest BCUT2D eigenvalue weighted by molar-refractivity contribution is -0.127. The number of amides is 3. The number of carbonyl (C=O) groups is 3. The number of carbonyl (C=O) groups excluding carboxylic acids is 3. The van der Waals surface area contributed by atoms with Gasteiger partial charge in [0.15, 0.2) is 6.10 Å². The number of imide groups is 1. The van der Waals surface area contributed by atoms with Crippen LogP contribution in [0, 0.1) is 6.92 Å². The normalized spacial score (nSPS) is 12.5. The Hall–Kier alpha value is -2.41. The van der Waals surface area contributed by atoms with Crippen molar-refractivity contribution in [3.63, 3.8) is 0 Å². The fourth-order valence-electron chi connectivity index (χ4n) is 2.22. The van der Waals surface area contributed by atoms with Gasteiger partial charge in [-0.15, -0.1) is 11.3 Å². The Bertz CT molecular complexity index is 820. The van der Waals surface area contributed by atoms with Crippen molar-refractivity contribution in [3.8, 4) is 0 Å². The second-order valence-electron chi connectivity index (χ2n) is 6.79. The van der Waals surface area contributed by atoms with Crippen LogP contribution in [0.2, 0.25) is 0 Å². The molecule has 2 N–H and O–H groups in total. The van der Waals surface area contributed by atoms with Crippen molar-refractivity contribution in [2.24, 2.45) is 0 Å². The predicted octanol–water partition coefficient (Wildman–Crippen LogP) is 3.38. The van der Waals surface area contributed by atoms with E-state index in [1.807, 2.05) is 31.2 Å². The third-order valence-corrected chi connectivity index (χ3v) is 4.66. The van der Waals surface area contributed by atoms with Gasteiger partial charge in [-0.2, -0.15) is 0 Å². The zero-order valence-corrected chi connectivity index (χ0v) is 15.7. The van der Waals surface area contributed by atoms with E-state index in [-0.39, 0.29) is 0 Å². The predicted molar refractivity (Wildman–Crippen MR) is 97.9 cm³/mol. The zero-order valence-electron chi connectivity index (χ0n) is 14.9. The molecule has 0 fully saturated rings. The van der Waals surface area contributed by atoms with Crippen molar-refractivity contribution in [1.82, 2.24) is 10.6 Å². The van der Waals surface area contributed by atoms with Crippen LogP contribution >= 0.6 is 11.3 Å². The first-order valence-electron chi connectivity index (χ1n) is 7.90. The maximum absolute atomic E-state index is 12.4. The van der Waals surface area contributed by atoms with Crippen molar-refractivity contribution >= 4 is 39.3 Å². The second kappa shape index (κ2) is 7.23. The van der Waals surface area contributed by atoms with Crippen LogP contribution in [0.15, 0.2) is 24.3 Å². The quantitative estimate of drug-likeness (QED) is 0.820. The zero-order chi connectivity index (χ0) is 18.8. The molecule has 6 nitrogen and oxygen atoms in total. The molecule has 2 rings (SSSR count). The number of hydrogen-bond acceptors (Lipinski definition) is 5. The van der Waals surface area contributed by atoms with E-state index in [4.69, 9.17) is 4.74 Å². The van der Waals surface area contributed by atoms with Gasteiger partial charge in [-0.05, 0) is 51.6 Å². The summed E-state index contributed by atoms with van der Waals surface area (Å²) in [6.07, 6.45) is -1.08. The third-order valence-electron chi connectivity index (χ3n) is 3.41. The van der Waals surface area contributed by atoms with Gasteiger partial charge in [-0.25, -0.2) is 9.59 Å². The van der Waals surface area contributed by atoms with Gasteiger partial charge < -0.3 is 10.1 Å². The Morgan fingerprint density at radius 2 is 1.80 bits per heavy atom. The van der Waals surface area contributed by atoms with E-state index in [2.05, 4.69) is 10.6 Å². The maximum atomic E-state index is 12.4. The van der Waals surface area contributed by atoms with Gasteiger partial charge in [0.1, 0.15) is 4.88 Å². The second-order valence-corrected chi connectivity index (χ2v) is 7.85. The third kappa shape index (κ3) is 4.79. The van der Waals surface area contributed by atoms with Gasteiger partial charge >= 0.3 is 12.0 Å². The van der Waals surface area contributed by atoms with Gasteiger partial charge in [0.2, 0.25) is 0 Å². The summed E-state index contributed by atoms with van der Waals surface area (Å²) in [4.78, 5) is 36.6. The van der Waals surface area contributed by atoms with Gasteiger partial charge in [-0.3, -0.25) is 10.1 Å². The summed E-state index contributed by atoms with van der Waals surface area (Å²) >= 11 is 1.32. The molecular weight excluding hydrogens is 340 g/mol. The highest BCUT2D eigenvalue weighted by Gasteiger charge is 2.24. The van der Waals surface area contributed by atoms with E-state index in [1.54, 1.807) is 20.8 Å². The fraction of sp³-hybridized carbons (Fsp3) is 0.389. The molecule has 1 aromatic heterocycles. The molecule has 25 heavy (non-hydrogen) atoms. The minimum absolute atomic E-state index is 0.458. The van der Waals surface area contributed by atoms with E-state index in [1.165, 1.54) is 18.3 Å². The first-order chi connectivity index (χ1) is 11.6. The van der Waals surface area contributed by atoms with E-state index >= 15 is 0 Å². The van der Waals surface area contributed by atoms with Gasteiger partial charge in [0.05, 0.1) is 0 Å². The minimum atomic E-state index is -1.08. The summed E-state index contributed by atoms with van der Waals surface area (Å²) in [5, 5.41) is 5.77. The average molecular weight is 362 g/mol. The molecular formula is C18H22N2O4S. The number of esters is 1. The molecule has 1 atom stereocenters. The first kappa shape index (κ1) is 18.9. The number of nitrogens with one attached hydrogen (secondary N) is 2. The van der Waals surface area contributed by atoms with E-state index in [0.717, 1.165) is 15.6 Å². The number of ether oxygens (including phenoxy) is 1. The van der Waals surface area contributed by atoms with Crippen molar-refractivity contribution < 1.29 is 19.1 Å². The van der Waals surface area contributed by atoms with Crippen LogP contribution in [0.4, 0.5) is 4.79 Å². The largest absolute Gasteiger partial charge is 0.448 e. The van der Waals surface area contributed by atoms with Crippen LogP contribution in [0.5, 0.6) is 0 Å². The minimum Gasteiger partial charge on any atom is -0.448 e. The van der Waals surface area contributed by atoms with E-state index in [9.17, 15) is 14.4 Å². The topological polar surface area (TPSA) is 84.5 Å². The number of fused-ring (bicyclic) bond motifs is 1.